The summed E-state index contributed by atoms with van der Waals surface area (Å²) in [5.41, 5.74) is -0.424. The third kappa shape index (κ3) is 6.05. The van der Waals surface area contributed by atoms with Crippen LogP contribution in [-0.2, 0) is 15.9 Å². The molecule has 2 aromatic carbocycles. The van der Waals surface area contributed by atoms with Gasteiger partial charge in [0.2, 0.25) is 5.82 Å². The van der Waals surface area contributed by atoms with Crippen molar-refractivity contribution in [1.82, 2.24) is 0 Å². The zero-order valence-corrected chi connectivity index (χ0v) is 21.1. The highest BCUT2D eigenvalue weighted by Gasteiger charge is 2.32. The molecule has 3 nitrogen and oxygen atoms in total. The van der Waals surface area contributed by atoms with Crippen molar-refractivity contribution in [2.24, 2.45) is 11.8 Å². The largest absolute Gasteiger partial charge is 0.491 e. The number of halogens is 4. The van der Waals surface area contributed by atoms with Crippen LogP contribution in [0.4, 0.5) is 17.6 Å². The summed E-state index contributed by atoms with van der Waals surface area (Å²) in [5, 5.41) is 0. The van der Waals surface area contributed by atoms with E-state index in [4.69, 9.17) is 14.2 Å². The van der Waals surface area contributed by atoms with Crippen molar-refractivity contribution in [3.05, 3.63) is 53.1 Å². The van der Waals surface area contributed by atoms with Gasteiger partial charge in [-0.1, -0.05) is 25.5 Å². The number of hydrogen-bond donors (Lipinski definition) is 0. The molecule has 2 fully saturated rings. The van der Waals surface area contributed by atoms with Gasteiger partial charge in [0.1, 0.15) is 0 Å². The van der Waals surface area contributed by atoms with E-state index < -0.39 is 23.3 Å². The van der Waals surface area contributed by atoms with Crippen LogP contribution in [0, 0.1) is 35.1 Å². The molecule has 0 amide bonds. The van der Waals surface area contributed by atoms with E-state index in [0.717, 1.165) is 25.9 Å². The molecule has 0 aliphatic carbocycles. The zero-order chi connectivity index (χ0) is 25.7. The molecule has 2 aromatic rings. The van der Waals surface area contributed by atoms with Crippen molar-refractivity contribution in [2.45, 2.75) is 77.4 Å². The average Bonchev–Trinajstić information content (AvgIpc) is 2.89. The smallest absolute Gasteiger partial charge is 0.201 e. The summed E-state index contributed by atoms with van der Waals surface area (Å²) >= 11 is 0. The SMILES string of the molecule is CCCC1CCC(C2CCC(CCc3ccc(-c4ccc(OCC)c(F)c4F)c(F)c3F)CO2)OC1. The van der Waals surface area contributed by atoms with Gasteiger partial charge >= 0.3 is 0 Å². The van der Waals surface area contributed by atoms with E-state index in [1.807, 2.05) is 0 Å². The Balaban J connectivity index is 1.32. The summed E-state index contributed by atoms with van der Waals surface area (Å²) in [6.07, 6.45) is 7.78. The molecule has 0 radical (unpaired) electrons. The zero-order valence-electron chi connectivity index (χ0n) is 21.1. The lowest BCUT2D eigenvalue weighted by Crippen LogP contribution is -2.40. The normalized spacial score (nSPS) is 24.6. The second-order valence-electron chi connectivity index (χ2n) is 10.0. The standard InChI is InChI=1S/C29H36F4O3/c1-3-5-18-7-13-23(35-16-18)24-14-8-19(17-36-24)6-9-20-10-11-21(27(31)26(20)30)22-12-15-25(34-4-2)29(33)28(22)32/h10-12,15,18-19,23-24H,3-9,13-14,16-17H2,1-2H3. The number of rotatable bonds is 9. The third-order valence-corrected chi connectivity index (χ3v) is 7.54. The Kier molecular flexibility index (Phi) is 9.29. The second-order valence-corrected chi connectivity index (χ2v) is 10.0. The topological polar surface area (TPSA) is 27.7 Å². The molecule has 198 valence electrons. The van der Waals surface area contributed by atoms with E-state index in [1.165, 1.54) is 43.5 Å². The lowest BCUT2D eigenvalue weighted by molar-refractivity contribution is -0.131. The minimum Gasteiger partial charge on any atom is -0.491 e. The van der Waals surface area contributed by atoms with Crippen LogP contribution in [0.5, 0.6) is 5.75 Å². The summed E-state index contributed by atoms with van der Waals surface area (Å²) in [6, 6.07) is 5.19. The Morgan fingerprint density at radius 3 is 1.86 bits per heavy atom. The van der Waals surface area contributed by atoms with Crippen molar-refractivity contribution in [3.8, 4) is 16.9 Å². The molecule has 0 N–H and O–H groups in total. The maximum Gasteiger partial charge on any atom is 0.201 e. The fourth-order valence-electron chi connectivity index (χ4n) is 5.46. The van der Waals surface area contributed by atoms with E-state index >= 15 is 0 Å². The Morgan fingerprint density at radius 2 is 1.31 bits per heavy atom. The van der Waals surface area contributed by atoms with E-state index in [2.05, 4.69) is 6.92 Å². The van der Waals surface area contributed by atoms with Gasteiger partial charge in [0.25, 0.3) is 0 Å². The number of benzene rings is 2. The first-order chi connectivity index (χ1) is 17.4. The number of ether oxygens (including phenoxy) is 3. The van der Waals surface area contributed by atoms with Crippen molar-refractivity contribution in [3.63, 3.8) is 0 Å². The third-order valence-electron chi connectivity index (χ3n) is 7.54. The van der Waals surface area contributed by atoms with E-state index in [1.54, 1.807) is 6.92 Å². The van der Waals surface area contributed by atoms with Gasteiger partial charge in [-0.3, -0.25) is 0 Å². The first-order valence-electron chi connectivity index (χ1n) is 13.2. The van der Waals surface area contributed by atoms with Crippen LogP contribution in [0.1, 0.15) is 64.4 Å². The van der Waals surface area contributed by atoms with E-state index in [-0.39, 0.29) is 47.2 Å². The molecule has 7 heteroatoms. The molecule has 2 saturated heterocycles. The van der Waals surface area contributed by atoms with Crippen molar-refractivity contribution in [1.29, 1.82) is 0 Å². The Labute approximate surface area is 211 Å². The summed E-state index contributed by atoms with van der Waals surface area (Å²) in [4.78, 5) is 0. The average molecular weight is 509 g/mol. The molecule has 0 saturated carbocycles. The molecule has 2 aliphatic rings. The molecule has 4 unspecified atom stereocenters. The molecule has 0 bridgehead atoms. The lowest BCUT2D eigenvalue weighted by atomic mass is 9.87. The fourth-order valence-corrected chi connectivity index (χ4v) is 5.46. The van der Waals surface area contributed by atoms with Gasteiger partial charge in [0.15, 0.2) is 23.2 Å². The summed E-state index contributed by atoms with van der Waals surface area (Å²) < 4.78 is 75.7. The molecule has 4 rings (SSSR count). The molecule has 0 aromatic heterocycles. The van der Waals surface area contributed by atoms with Crippen LogP contribution < -0.4 is 4.74 Å². The van der Waals surface area contributed by atoms with Crippen LogP contribution in [0.2, 0.25) is 0 Å². The minimum absolute atomic E-state index is 0.113. The van der Waals surface area contributed by atoms with E-state index in [9.17, 15) is 17.6 Å². The Bertz CT molecular complexity index is 1010. The predicted molar refractivity (Wildman–Crippen MR) is 131 cm³/mol. The Morgan fingerprint density at radius 1 is 0.722 bits per heavy atom. The van der Waals surface area contributed by atoms with Gasteiger partial charge in [-0.2, -0.15) is 4.39 Å². The van der Waals surface area contributed by atoms with Gasteiger partial charge in [0, 0.05) is 24.3 Å². The van der Waals surface area contributed by atoms with E-state index in [0.29, 0.717) is 25.4 Å². The molecule has 4 atom stereocenters. The predicted octanol–water partition coefficient (Wildman–Crippen LogP) is 7.63. The fraction of sp³-hybridized carbons (Fsp3) is 0.586. The van der Waals surface area contributed by atoms with Gasteiger partial charge in [-0.15, -0.1) is 0 Å². The maximum absolute atomic E-state index is 14.9. The van der Waals surface area contributed by atoms with Crippen LogP contribution in [0.25, 0.3) is 11.1 Å². The van der Waals surface area contributed by atoms with Crippen LogP contribution >= 0.6 is 0 Å². The van der Waals surface area contributed by atoms with Crippen molar-refractivity contribution < 1.29 is 31.8 Å². The number of aryl methyl sites for hydroxylation is 1. The van der Waals surface area contributed by atoms with Gasteiger partial charge in [0.05, 0.1) is 18.8 Å². The second kappa shape index (κ2) is 12.4. The molecule has 36 heavy (non-hydrogen) atoms. The van der Waals surface area contributed by atoms with Crippen LogP contribution in [0.15, 0.2) is 24.3 Å². The van der Waals surface area contributed by atoms with Crippen molar-refractivity contribution >= 4 is 0 Å². The Hall–Kier alpha value is -2.12. The molecule has 2 aliphatic heterocycles. The molecular weight excluding hydrogens is 472 g/mol. The summed E-state index contributed by atoms with van der Waals surface area (Å²) in [5.74, 6) is -4.01. The first-order valence-corrected chi connectivity index (χ1v) is 13.2. The first kappa shape index (κ1) is 26.9. The molecule has 0 spiro atoms. The lowest BCUT2D eigenvalue weighted by Gasteiger charge is -2.37. The van der Waals surface area contributed by atoms with Gasteiger partial charge in [-0.05, 0) is 81.4 Å². The quantitative estimate of drug-likeness (QED) is 0.326. The number of hydrogen-bond acceptors (Lipinski definition) is 3. The van der Waals surface area contributed by atoms with Crippen LogP contribution in [-0.4, -0.2) is 32.0 Å². The molecule has 2 heterocycles. The van der Waals surface area contributed by atoms with Gasteiger partial charge < -0.3 is 14.2 Å². The highest BCUT2D eigenvalue weighted by atomic mass is 19.2. The van der Waals surface area contributed by atoms with Crippen molar-refractivity contribution in [2.75, 3.05) is 19.8 Å². The van der Waals surface area contributed by atoms with Crippen LogP contribution in [0.3, 0.4) is 0 Å². The summed E-state index contributed by atoms with van der Waals surface area (Å²) in [7, 11) is 0. The maximum atomic E-state index is 14.9. The molecular formula is C29H36F4O3. The minimum atomic E-state index is -1.26. The highest BCUT2D eigenvalue weighted by molar-refractivity contribution is 5.66. The summed E-state index contributed by atoms with van der Waals surface area (Å²) in [6.45, 7) is 5.41. The monoisotopic (exact) mass is 508 g/mol. The van der Waals surface area contributed by atoms with Gasteiger partial charge in [-0.25, -0.2) is 13.2 Å². The highest BCUT2D eigenvalue weighted by Crippen LogP contribution is 2.35.